The molecule has 7 heteroatoms. The molecule has 1 aliphatic rings. The zero-order valence-corrected chi connectivity index (χ0v) is 16.3. The average molecular weight is 403 g/mol. The molecule has 1 N–H and O–H groups in total. The van der Waals surface area contributed by atoms with E-state index in [2.05, 4.69) is 0 Å². The maximum Gasteiger partial charge on any atom is 0.336 e. The second kappa shape index (κ2) is 6.32. The summed E-state index contributed by atoms with van der Waals surface area (Å²) < 4.78 is 12.3. The van der Waals surface area contributed by atoms with Gasteiger partial charge < -0.3 is 18.8 Å². The van der Waals surface area contributed by atoms with Crippen LogP contribution < -0.4 is 15.9 Å². The second-order valence-electron chi connectivity index (χ2n) is 7.52. The maximum atomic E-state index is 13.2. The fourth-order valence-corrected chi connectivity index (χ4v) is 4.25. The molecule has 0 fully saturated rings. The molecule has 0 saturated carbocycles. The number of phenols is 1. The van der Waals surface area contributed by atoms with Crippen molar-refractivity contribution in [3.05, 3.63) is 79.9 Å². The third-order valence-corrected chi connectivity index (χ3v) is 5.68. The molecule has 0 aliphatic carbocycles. The Hall–Kier alpha value is -3.87. The van der Waals surface area contributed by atoms with E-state index in [0.29, 0.717) is 22.1 Å². The number of ether oxygens (including phenoxy) is 1. The fraction of sp³-hybridized carbons (Fsp3) is 0.174. The number of aromatic nitrogens is 1. The van der Waals surface area contributed by atoms with E-state index in [0.717, 1.165) is 10.9 Å². The summed E-state index contributed by atoms with van der Waals surface area (Å²) in [5.41, 5.74) is 1.44. The zero-order valence-electron chi connectivity index (χ0n) is 16.3. The van der Waals surface area contributed by atoms with Crippen molar-refractivity contribution in [2.45, 2.75) is 19.3 Å². The fourth-order valence-electron chi connectivity index (χ4n) is 4.25. The Labute approximate surface area is 169 Å². The highest BCUT2D eigenvalue weighted by Gasteiger charge is 2.36. The first-order chi connectivity index (χ1) is 14.3. The predicted molar refractivity (Wildman–Crippen MR) is 110 cm³/mol. The Morgan fingerprint density at radius 2 is 1.87 bits per heavy atom. The van der Waals surface area contributed by atoms with Gasteiger partial charge in [-0.1, -0.05) is 18.2 Å². The number of aromatic hydroxyl groups is 1. The number of pyridine rings is 1. The normalized spacial score (nSPS) is 15.9. The summed E-state index contributed by atoms with van der Waals surface area (Å²) in [6, 6.07) is 11.9. The van der Waals surface area contributed by atoms with E-state index >= 15 is 0 Å². The summed E-state index contributed by atoms with van der Waals surface area (Å²) in [6.45, 7) is 1.73. The van der Waals surface area contributed by atoms with Crippen LogP contribution in [0.15, 0.2) is 56.5 Å². The number of hydrogen-bond acceptors (Lipinski definition) is 6. The lowest BCUT2D eigenvalue weighted by Gasteiger charge is -2.26. The molecule has 7 nitrogen and oxygen atoms in total. The van der Waals surface area contributed by atoms with E-state index < -0.39 is 17.5 Å². The van der Waals surface area contributed by atoms with Gasteiger partial charge in [-0.15, -0.1) is 0 Å². The molecule has 1 unspecified atom stereocenters. The van der Waals surface area contributed by atoms with Crippen molar-refractivity contribution in [2.75, 3.05) is 0 Å². The second-order valence-corrected chi connectivity index (χ2v) is 7.52. The predicted octanol–water partition coefficient (Wildman–Crippen LogP) is 3.10. The lowest BCUT2D eigenvalue weighted by molar-refractivity contribution is -0.135. The van der Waals surface area contributed by atoms with Crippen LogP contribution in [0.3, 0.4) is 0 Å². The standard InChI is InChI=1S/C23H17NO6/c1-11-7-18(26)29-21-13(11)9-17(25)22-20(21)14(10-19(27)30-22)15-8-12-5-3-4-6-16(12)24(2)23(15)28/h3-9,14,25H,10H2,1-2H3. The third kappa shape index (κ3) is 2.55. The molecule has 0 radical (unpaired) electrons. The van der Waals surface area contributed by atoms with Crippen LogP contribution >= 0.6 is 0 Å². The Morgan fingerprint density at radius 3 is 2.67 bits per heavy atom. The Bertz CT molecular complexity index is 1490. The highest BCUT2D eigenvalue weighted by Crippen LogP contribution is 2.47. The van der Waals surface area contributed by atoms with E-state index in [1.165, 1.54) is 16.7 Å². The Kier molecular flexibility index (Phi) is 3.83. The first kappa shape index (κ1) is 18.2. The van der Waals surface area contributed by atoms with Gasteiger partial charge in [0.15, 0.2) is 11.5 Å². The van der Waals surface area contributed by atoms with E-state index in [1.807, 2.05) is 24.3 Å². The minimum Gasteiger partial charge on any atom is -0.504 e. The van der Waals surface area contributed by atoms with Gasteiger partial charge >= 0.3 is 11.6 Å². The van der Waals surface area contributed by atoms with Gasteiger partial charge in [-0.3, -0.25) is 9.59 Å². The van der Waals surface area contributed by atoms with Gasteiger partial charge in [-0.2, -0.15) is 0 Å². The molecule has 3 heterocycles. The van der Waals surface area contributed by atoms with Gasteiger partial charge in [0.1, 0.15) is 5.58 Å². The first-order valence-corrected chi connectivity index (χ1v) is 9.45. The Morgan fingerprint density at radius 1 is 1.10 bits per heavy atom. The SMILES string of the molecule is Cc1cc(=O)oc2c3c(c(O)cc12)OC(=O)CC3c1cc2ccccc2n(C)c1=O. The van der Waals surface area contributed by atoms with E-state index in [9.17, 15) is 19.5 Å². The number of carbonyl (C=O) groups excluding carboxylic acids is 1. The van der Waals surface area contributed by atoms with E-state index in [4.69, 9.17) is 9.15 Å². The number of esters is 1. The quantitative estimate of drug-likeness (QED) is 0.298. The van der Waals surface area contributed by atoms with Gasteiger partial charge in [0.2, 0.25) is 0 Å². The smallest absolute Gasteiger partial charge is 0.336 e. The highest BCUT2D eigenvalue weighted by atomic mass is 16.5. The Balaban J connectivity index is 1.90. The minimum atomic E-state index is -0.732. The van der Waals surface area contributed by atoms with Crippen molar-refractivity contribution in [1.82, 2.24) is 4.57 Å². The molecule has 2 aromatic heterocycles. The third-order valence-electron chi connectivity index (χ3n) is 5.68. The van der Waals surface area contributed by atoms with E-state index in [-0.39, 0.29) is 29.1 Å². The van der Waals surface area contributed by atoms with Gasteiger partial charge in [0.05, 0.1) is 17.5 Å². The number of benzene rings is 2. The highest BCUT2D eigenvalue weighted by molar-refractivity contribution is 5.92. The summed E-state index contributed by atoms with van der Waals surface area (Å²) in [5, 5.41) is 11.9. The first-order valence-electron chi connectivity index (χ1n) is 9.45. The molecular formula is C23H17NO6. The maximum absolute atomic E-state index is 13.2. The van der Waals surface area contributed by atoms with Crippen LogP contribution in [0.2, 0.25) is 0 Å². The van der Waals surface area contributed by atoms with Crippen LogP contribution in [-0.2, 0) is 11.8 Å². The number of aryl methyl sites for hydroxylation is 2. The van der Waals surface area contributed by atoms with Gasteiger partial charge in [-0.05, 0) is 36.1 Å². The molecular weight excluding hydrogens is 386 g/mol. The van der Waals surface area contributed by atoms with Crippen LogP contribution in [0.5, 0.6) is 11.5 Å². The molecule has 0 bridgehead atoms. The summed E-state index contributed by atoms with van der Waals surface area (Å²) in [6.07, 6.45) is -0.114. The average Bonchev–Trinajstić information content (AvgIpc) is 2.71. The largest absolute Gasteiger partial charge is 0.504 e. The van der Waals surface area contributed by atoms with Gasteiger partial charge in [0.25, 0.3) is 5.56 Å². The van der Waals surface area contributed by atoms with Gasteiger partial charge in [-0.25, -0.2) is 4.79 Å². The van der Waals surface area contributed by atoms with Crippen molar-refractivity contribution in [2.24, 2.45) is 7.05 Å². The molecule has 30 heavy (non-hydrogen) atoms. The lowest BCUT2D eigenvalue weighted by atomic mass is 9.84. The minimum absolute atomic E-state index is 0.0762. The van der Waals surface area contributed by atoms with Crippen LogP contribution in [-0.4, -0.2) is 15.6 Å². The van der Waals surface area contributed by atoms with Crippen molar-refractivity contribution in [1.29, 1.82) is 0 Å². The van der Waals surface area contributed by atoms with Crippen LogP contribution in [0.1, 0.15) is 29.0 Å². The number of para-hydroxylation sites is 1. The van der Waals surface area contributed by atoms with Crippen molar-refractivity contribution < 1.29 is 19.1 Å². The van der Waals surface area contributed by atoms with Gasteiger partial charge in [0, 0.05) is 30.0 Å². The molecule has 0 saturated heterocycles. The molecule has 5 rings (SSSR count). The van der Waals surface area contributed by atoms with Crippen LogP contribution in [0.4, 0.5) is 0 Å². The zero-order chi connectivity index (χ0) is 21.2. The molecule has 2 aromatic carbocycles. The summed E-state index contributed by atoms with van der Waals surface area (Å²) in [5.74, 6) is -1.63. The monoisotopic (exact) mass is 403 g/mol. The molecule has 0 spiro atoms. The number of carbonyl (C=O) groups is 1. The lowest BCUT2D eigenvalue weighted by Crippen LogP contribution is -2.29. The van der Waals surface area contributed by atoms with Crippen molar-refractivity contribution in [3.8, 4) is 11.5 Å². The number of rotatable bonds is 1. The number of nitrogens with zero attached hydrogens (tertiary/aromatic N) is 1. The molecule has 150 valence electrons. The van der Waals surface area contributed by atoms with Crippen LogP contribution in [0, 0.1) is 6.92 Å². The molecule has 4 aromatic rings. The molecule has 1 aliphatic heterocycles. The number of fused-ring (bicyclic) bond motifs is 4. The topological polar surface area (TPSA) is 98.7 Å². The van der Waals surface area contributed by atoms with Crippen LogP contribution in [0.25, 0.3) is 21.9 Å². The summed E-state index contributed by atoms with van der Waals surface area (Å²) >= 11 is 0. The van der Waals surface area contributed by atoms with Crippen molar-refractivity contribution >= 4 is 27.8 Å². The molecule has 0 amide bonds. The number of phenolic OH excluding ortho intramolecular Hbond substituents is 1. The summed E-state index contributed by atoms with van der Waals surface area (Å²) in [4.78, 5) is 37.6. The summed E-state index contributed by atoms with van der Waals surface area (Å²) in [7, 11) is 1.67. The van der Waals surface area contributed by atoms with Crippen molar-refractivity contribution in [3.63, 3.8) is 0 Å². The molecule has 1 atom stereocenters. The van der Waals surface area contributed by atoms with E-state index in [1.54, 1.807) is 20.0 Å². The number of hydrogen-bond donors (Lipinski definition) is 1.